The third-order valence-corrected chi connectivity index (χ3v) is 5.69. The van der Waals surface area contributed by atoms with Crippen LogP contribution < -0.4 is 10.2 Å². The van der Waals surface area contributed by atoms with Gasteiger partial charge in [0, 0.05) is 49.2 Å². The quantitative estimate of drug-likeness (QED) is 0.608. The van der Waals surface area contributed by atoms with Crippen molar-refractivity contribution in [2.75, 3.05) is 36.4 Å². The number of nitrogens with one attached hydrogen (secondary N) is 1. The number of aryl methyl sites for hydroxylation is 1. The summed E-state index contributed by atoms with van der Waals surface area (Å²) in [7, 11) is 0. The molecule has 0 unspecified atom stereocenters. The minimum atomic E-state index is -0.105. The van der Waals surface area contributed by atoms with Crippen LogP contribution in [0.3, 0.4) is 0 Å². The smallest absolute Gasteiger partial charge is 0.255 e. The Morgan fingerprint density at radius 1 is 0.812 bits per heavy atom. The van der Waals surface area contributed by atoms with E-state index in [1.807, 2.05) is 96.8 Å². The number of hydrogen-bond acceptors (Lipinski definition) is 3. The Labute approximate surface area is 189 Å². The van der Waals surface area contributed by atoms with Crippen LogP contribution in [0.1, 0.15) is 21.5 Å². The summed E-state index contributed by atoms with van der Waals surface area (Å²) in [4.78, 5) is 29.1. The molecule has 32 heavy (non-hydrogen) atoms. The van der Waals surface area contributed by atoms with E-state index in [4.69, 9.17) is 0 Å². The summed E-state index contributed by atoms with van der Waals surface area (Å²) in [5, 5.41) is 2.96. The number of carbonyl (C=O) groups is 2. The second kappa shape index (κ2) is 9.96. The second-order valence-corrected chi connectivity index (χ2v) is 7.87. The minimum Gasteiger partial charge on any atom is -0.368 e. The molecule has 4 rings (SSSR count). The molecule has 1 fully saturated rings. The van der Waals surface area contributed by atoms with Crippen molar-refractivity contribution in [2.24, 2.45) is 0 Å². The van der Waals surface area contributed by atoms with Gasteiger partial charge in [-0.05, 0) is 54.5 Å². The van der Waals surface area contributed by atoms with Crippen molar-refractivity contribution in [3.05, 3.63) is 102 Å². The van der Waals surface area contributed by atoms with Gasteiger partial charge in [-0.1, -0.05) is 48.5 Å². The van der Waals surface area contributed by atoms with Crippen LogP contribution in [0, 0.1) is 6.92 Å². The molecule has 0 atom stereocenters. The number of anilines is 2. The predicted molar refractivity (Wildman–Crippen MR) is 130 cm³/mol. The monoisotopic (exact) mass is 425 g/mol. The number of nitrogens with zero attached hydrogens (tertiary/aromatic N) is 2. The van der Waals surface area contributed by atoms with Crippen LogP contribution in [0.5, 0.6) is 0 Å². The lowest BCUT2D eigenvalue weighted by molar-refractivity contribution is -0.126. The molecule has 0 aliphatic carbocycles. The van der Waals surface area contributed by atoms with E-state index in [0.29, 0.717) is 18.7 Å². The lowest BCUT2D eigenvalue weighted by atomic mass is 10.1. The maximum absolute atomic E-state index is 12.5. The number of amides is 2. The molecule has 0 bridgehead atoms. The summed E-state index contributed by atoms with van der Waals surface area (Å²) in [5.41, 5.74) is 4.51. The normalized spacial score (nSPS) is 13.9. The second-order valence-electron chi connectivity index (χ2n) is 7.87. The molecule has 1 saturated heterocycles. The highest BCUT2D eigenvalue weighted by atomic mass is 16.2. The Morgan fingerprint density at radius 3 is 2.16 bits per heavy atom. The molecule has 3 aromatic rings. The standard InChI is InChI=1S/C27H27N3O2/c1-21-7-5-6-10-25(21)27(32)28-23-12-14-24(15-13-23)29-17-19-30(20-18-29)26(31)16-11-22-8-3-2-4-9-22/h2-16H,17-20H2,1H3,(H,28,32)/b16-11-. The van der Waals surface area contributed by atoms with Crippen LogP contribution in [0.25, 0.3) is 6.08 Å². The molecule has 1 heterocycles. The molecule has 162 valence electrons. The van der Waals surface area contributed by atoms with E-state index in [0.717, 1.165) is 35.6 Å². The molecule has 5 heteroatoms. The molecule has 2 amide bonds. The van der Waals surface area contributed by atoms with Crippen molar-refractivity contribution in [2.45, 2.75) is 6.92 Å². The lowest BCUT2D eigenvalue weighted by Gasteiger charge is -2.35. The van der Waals surface area contributed by atoms with Crippen LogP contribution in [-0.4, -0.2) is 42.9 Å². The average Bonchev–Trinajstić information content (AvgIpc) is 2.84. The first kappa shape index (κ1) is 21.4. The van der Waals surface area contributed by atoms with Crippen molar-refractivity contribution >= 4 is 29.3 Å². The van der Waals surface area contributed by atoms with Gasteiger partial charge in [0.2, 0.25) is 5.91 Å². The Morgan fingerprint density at radius 2 is 1.47 bits per heavy atom. The first-order valence-corrected chi connectivity index (χ1v) is 10.8. The van der Waals surface area contributed by atoms with Crippen molar-refractivity contribution in [3.63, 3.8) is 0 Å². The molecule has 5 nitrogen and oxygen atoms in total. The lowest BCUT2D eigenvalue weighted by Crippen LogP contribution is -2.48. The molecule has 1 N–H and O–H groups in total. The fourth-order valence-electron chi connectivity index (χ4n) is 3.80. The van der Waals surface area contributed by atoms with Gasteiger partial charge in [0.15, 0.2) is 0 Å². The SMILES string of the molecule is Cc1ccccc1C(=O)Nc1ccc(N2CCN(C(=O)/C=C\c3ccccc3)CC2)cc1. The molecule has 1 aliphatic rings. The van der Waals surface area contributed by atoms with Crippen molar-refractivity contribution < 1.29 is 9.59 Å². The minimum absolute atomic E-state index is 0.0442. The summed E-state index contributed by atoms with van der Waals surface area (Å²) in [6.07, 6.45) is 3.51. The highest BCUT2D eigenvalue weighted by Crippen LogP contribution is 2.20. The topological polar surface area (TPSA) is 52.7 Å². The number of piperazine rings is 1. The maximum atomic E-state index is 12.5. The molecule has 0 radical (unpaired) electrons. The summed E-state index contributed by atoms with van der Waals surface area (Å²) < 4.78 is 0. The third-order valence-electron chi connectivity index (χ3n) is 5.69. The van der Waals surface area contributed by atoms with Crippen LogP contribution in [-0.2, 0) is 4.79 Å². The van der Waals surface area contributed by atoms with Crippen molar-refractivity contribution in [1.29, 1.82) is 0 Å². The average molecular weight is 426 g/mol. The molecular formula is C27H27N3O2. The van der Waals surface area contributed by atoms with E-state index in [-0.39, 0.29) is 11.8 Å². The summed E-state index contributed by atoms with van der Waals surface area (Å²) in [6, 6.07) is 25.3. The zero-order chi connectivity index (χ0) is 22.3. The van der Waals surface area contributed by atoms with Gasteiger partial charge >= 0.3 is 0 Å². The van der Waals surface area contributed by atoms with E-state index in [1.54, 1.807) is 6.08 Å². The van der Waals surface area contributed by atoms with Gasteiger partial charge in [-0.2, -0.15) is 0 Å². The van der Waals surface area contributed by atoms with Gasteiger partial charge in [0.1, 0.15) is 0 Å². The van der Waals surface area contributed by atoms with Crippen molar-refractivity contribution in [1.82, 2.24) is 4.90 Å². The van der Waals surface area contributed by atoms with E-state index in [9.17, 15) is 9.59 Å². The Balaban J connectivity index is 1.30. The first-order chi connectivity index (χ1) is 15.6. The van der Waals surface area contributed by atoms with Crippen LogP contribution in [0.2, 0.25) is 0 Å². The predicted octanol–water partition coefficient (Wildman–Crippen LogP) is 4.61. The van der Waals surface area contributed by atoms with Gasteiger partial charge in [0.05, 0.1) is 0 Å². The zero-order valence-corrected chi connectivity index (χ0v) is 18.2. The molecule has 3 aromatic carbocycles. The number of rotatable bonds is 5. The summed E-state index contributed by atoms with van der Waals surface area (Å²) in [5.74, 6) is -0.0608. The Bertz CT molecular complexity index is 1100. The number of carbonyl (C=O) groups excluding carboxylic acids is 2. The molecular weight excluding hydrogens is 398 g/mol. The fourth-order valence-corrected chi connectivity index (χ4v) is 3.80. The molecule has 1 aliphatic heterocycles. The van der Waals surface area contributed by atoms with E-state index < -0.39 is 0 Å². The van der Waals surface area contributed by atoms with Gasteiger partial charge in [-0.25, -0.2) is 0 Å². The molecule has 0 spiro atoms. The highest BCUT2D eigenvalue weighted by Gasteiger charge is 2.20. The number of benzene rings is 3. The van der Waals surface area contributed by atoms with Gasteiger partial charge in [0.25, 0.3) is 5.91 Å². The Hall–Kier alpha value is -3.86. The fraction of sp³-hybridized carbons (Fsp3) is 0.185. The zero-order valence-electron chi connectivity index (χ0n) is 18.2. The van der Waals surface area contributed by atoms with Crippen LogP contribution in [0.4, 0.5) is 11.4 Å². The van der Waals surface area contributed by atoms with Gasteiger partial charge in [-0.3, -0.25) is 9.59 Å². The largest absolute Gasteiger partial charge is 0.368 e. The van der Waals surface area contributed by atoms with Gasteiger partial charge in [-0.15, -0.1) is 0 Å². The third kappa shape index (κ3) is 5.24. The summed E-state index contributed by atoms with van der Waals surface area (Å²) >= 11 is 0. The summed E-state index contributed by atoms with van der Waals surface area (Å²) in [6.45, 7) is 4.85. The number of hydrogen-bond donors (Lipinski definition) is 1. The maximum Gasteiger partial charge on any atom is 0.255 e. The van der Waals surface area contributed by atoms with E-state index in [1.165, 1.54) is 0 Å². The van der Waals surface area contributed by atoms with Crippen molar-refractivity contribution in [3.8, 4) is 0 Å². The van der Waals surface area contributed by atoms with E-state index in [2.05, 4.69) is 10.2 Å². The van der Waals surface area contributed by atoms with E-state index >= 15 is 0 Å². The Kier molecular flexibility index (Phi) is 6.66. The molecule has 0 saturated carbocycles. The van der Waals surface area contributed by atoms with Gasteiger partial charge < -0.3 is 15.1 Å². The van der Waals surface area contributed by atoms with Crippen LogP contribution >= 0.6 is 0 Å². The van der Waals surface area contributed by atoms with Crippen LogP contribution in [0.15, 0.2) is 84.9 Å². The molecule has 0 aromatic heterocycles. The first-order valence-electron chi connectivity index (χ1n) is 10.8. The highest BCUT2D eigenvalue weighted by molar-refractivity contribution is 6.05.